The molecule has 24 heavy (non-hydrogen) atoms. The standard InChI is InChI=1S/C21H34N2O/c1-6-8-9-16-23(5,7-2)21(14-11-15-21)20(24)22-19-17(3)12-10-13-18(19)4/h10,12-13H,6-9,11,14-16H2,1-5H3/p+1. The van der Waals surface area contributed by atoms with Crippen LogP contribution in [-0.4, -0.2) is 36.1 Å². The first-order valence-electron chi connectivity index (χ1n) is 9.62. The number of carbonyl (C=O) groups excluding carboxylic acids is 1. The van der Waals surface area contributed by atoms with Gasteiger partial charge in [0.25, 0.3) is 5.91 Å². The zero-order valence-electron chi connectivity index (χ0n) is 16.2. The summed E-state index contributed by atoms with van der Waals surface area (Å²) in [7, 11) is 2.29. The van der Waals surface area contributed by atoms with Gasteiger partial charge in [-0.05, 0) is 51.2 Å². The first-order chi connectivity index (χ1) is 11.4. The van der Waals surface area contributed by atoms with E-state index in [-0.39, 0.29) is 11.4 Å². The Bertz CT molecular complexity index is 557. The average Bonchev–Trinajstić information content (AvgIpc) is 2.50. The van der Waals surface area contributed by atoms with Crippen LogP contribution in [0.5, 0.6) is 0 Å². The second-order valence-electron chi connectivity index (χ2n) is 7.75. The molecule has 1 N–H and O–H groups in total. The maximum absolute atomic E-state index is 13.3. The molecular weight excluding hydrogens is 296 g/mol. The largest absolute Gasteiger partial charge is 0.320 e. The number of likely N-dealkylation sites (N-methyl/N-ethyl adjacent to an activating group) is 1. The van der Waals surface area contributed by atoms with Gasteiger partial charge in [0.05, 0.1) is 20.1 Å². The number of rotatable bonds is 8. The molecule has 1 aliphatic carbocycles. The fourth-order valence-electron chi connectivity index (χ4n) is 4.15. The highest BCUT2D eigenvalue weighted by molar-refractivity contribution is 5.99. The Morgan fingerprint density at radius 3 is 2.25 bits per heavy atom. The van der Waals surface area contributed by atoms with Crippen molar-refractivity contribution < 1.29 is 9.28 Å². The summed E-state index contributed by atoms with van der Waals surface area (Å²) in [5.41, 5.74) is 3.06. The van der Waals surface area contributed by atoms with Gasteiger partial charge in [0.1, 0.15) is 0 Å². The fraction of sp³-hybridized carbons (Fsp3) is 0.667. The van der Waals surface area contributed by atoms with Crippen LogP contribution in [0, 0.1) is 13.8 Å². The minimum Gasteiger partial charge on any atom is -0.320 e. The van der Waals surface area contributed by atoms with Crippen molar-refractivity contribution in [1.82, 2.24) is 0 Å². The van der Waals surface area contributed by atoms with E-state index in [0.29, 0.717) is 0 Å². The third-order valence-electron chi connectivity index (χ3n) is 6.31. The van der Waals surface area contributed by atoms with Crippen LogP contribution >= 0.6 is 0 Å². The number of quaternary nitrogens is 1. The molecule has 1 aliphatic rings. The molecule has 1 unspecified atom stereocenters. The van der Waals surface area contributed by atoms with Crippen LogP contribution in [-0.2, 0) is 4.79 Å². The van der Waals surface area contributed by atoms with Gasteiger partial charge < -0.3 is 9.80 Å². The number of hydrogen-bond donors (Lipinski definition) is 1. The van der Waals surface area contributed by atoms with Gasteiger partial charge in [-0.25, -0.2) is 0 Å². The Morgan fingerprint density at radius 1 is 1.17 bits per heavy atom. The van der Waals surface area contributed by atoms with Gasteiger partial charge in [0, 0.05) is 18.5 Å². The molecule has 1 amide bonds. The minimum absolute atomic E-state index is 0.229. The van der Waals surface area contributed by atoms with Crippen molar-refractivity contribution in [1.29, 1.82) is 0 Å². The number of nitrogens with one attached hydrogen (secondary N) is 1. The summed E-state index contributed by atoms with van der Waals surface area (Å²) in [6, 6.07) is 6.20. The van der Waals surface area contributed by atoms with Crippen molar-refractivity contribution in [2.24, 2.45) is 0 Å². The van der Waals surface area contributed by atoms with Gasteiger partial charge in [0.15, 0.2) is 5.54 Å². The second kappa shape index (κ2) is 7.69. The van der Waals surface area contributed by atoms with Crippen molar-refractivity contribution in [3.63, 3.8) is 0 Å². The van der Waals surface area contributed by atoms with E-state index in [1.165, 1.54) is 25.7 Å². The smallest absolute Gasteiger partial charge is 0.285 e. The number of para-hydroxylation sites is 1. The van der Waals surface area contributed by atoms with Gasteiger partial charge in [-0.1, -0.05) is 31.5 Å². The number of unbranched alkanes of at least 4 members (excludes halogenated alkanes) is 2. The average molecular weight is 332 g/mol. The van der Waals surface area contributed by atoms with E-state index < -0.39 is 0 Å². The molecule has 1 aromatic rings. The Kier molecular flexibility index (Phi) is 6.08. The van der Waals surface area contributed by atoms with E-state index in [0.717, 1.165) is 47.2 Å². The van der Waals surface area contributed by atoms with Crippen LogP contribution in [0.2, 0.25) is 0 Å². The van der Waals surface area contributed by atoms with Crippen molar-refractivity contribution in [2.75, 3.05) is 25.5 Å². The first-order valence-corrected chi connectivity index (χ1v) is 9.62. The molecule has 0 saturated heterocycles. The predicted molar refractivity (Wildman–Crippen MR) is 102 cm³/mol. The molecule has 2 rings (SSSR count). The highest BCUT2D eigenvalue weighted by Gasteiger charge is 2.57. The molecule has 1 atom stereocenters. The van der Waals surface area contributed by atoms with Crippen LogP contribution in [0.1, 0.15) is 63.5 Å². The summed E-state index contributed by atoms with van der Waals surface area (Å²) in [5, 5.41) is 3.30. The maximum atomic E-state index is 13.3. The third kappa shape index (κ3) is 3.37. The quantitative estimate of drug-likeness (QED) is 0.537. The van der Waals surface area contributed by atoms with Crippen LogP contribution in [0.25, 0.3) is 0 Å². The third-order valence-corrected chi connectivity index (χ3v) is 6.31. The zero-order chi connectivity index (χ0) is 17.8. The summed E-state index contributed by atoms with van der Waals surface area (Å²) in [6.45, 7) is 10.7. The Labute approximate surface area is 148 Å². The van der Waals surface area contributed by atoms with Crippen LogP contribution in [0.15, 0.2) is 18.2 Å². The van der Waals surface area contributed by atoms with E-state index in [2.05, 4.69) is 58.3 Å². The number of anilines is 1. The number of nitrogens with zero attached hydrogens (tertiary/aromatic N) is 1. The zero-order valence-corrected chi connectivity index (χ0v) is 16.2. The topological polar surface area (TPSA) is 29.1 Å². The molecule has 0 aromatic heterocycles. The normalized spacial score (nSPS) is 18.5. The molecule has 3 heteroatoms. The fourth-order valence-corrected chi connectivity index (χ4v) is 4.15. The maximum Gasteiger partial charge on any atom is 0.285 e. The van der Waals surface area contributed by atoms with E-state index in [4.69, 9.17) is 0 Å². The van der Waals surface area contributed by atoms with Crippen molar-refractivity contribution in [2.45, 2.75) is 71.8 Å². The monoisotopic (exact) mass is 331 g/mol. The summed E-state index contributed by atoms with van der Waals surface area (Å²) in [5.74, 6) is 0.229. The van der Waals surface area contributed by atoms with E-state index >= 15 is 0 Å². The number of benzene rings is 1. The molecule has 1 saturated carbocycles. The molecular formula is C21H35N2O+. The summed E-state index contributed by atoms with van der Waals surface area (Å²) in [6.07, 6.45) is 6.88. The Balaban J connectivity index is 2.23. The van der Waals surface area contributed by atoms with Crippen LogP contribution < -0.4 is 5.32 Å². The number of aryl methyl sites for hydroxylation is 2. The SMILES string of the molecule is CCCCC[N+](C)(CC)C1(C(=O)Nc2c(C)cccc2C)CCC1. The van der Waals surface area contributed by atoms with Crippen LogP contribution in [0.3, 0.4) is 0 Å². The molecule has 0 radical (unpaired) electrons. The Hall–Kier alpha value is -1.35. The van der Waals surface area contributed by atoms with E-state index in [9.17, 15) is 4.79 Å². The summed E-state index contributed by atoms with van der Waals surface area (Å²) < 4.78 is 0.879. The highest BCUT2D eigenvalue weighted by Crippen LogP contribution is 2.43. The molecule has 0 bridgehead atoms. The van der Waals surface area contributed by atoms with E-state index in [1.807, 2.05) is 0 Å². The first kappa shape index (κ1) is 19.0. The lowest BCUT2D eigenvalue weighted by Gasteiger charge is -2.54. The molecule has 0 aliphatic heterocycles. The van der Waals surface area contributed by atoms with Gasteiger partial charge >= 0.3 is 0 Å². The van der Waals surface area contributed by atoms with Gasteiger partial charge in [-0.3, -0.25) is 4.79 Å². The molecule has 1 fully saturated rings. The molecule has 3 nitrogen and oxygen atoms in total. The van der Waals surface area contributed by atoms with Gasteiger partial charge in [-0.2, -0.15) is 0 Å². The lowest BCUT2D eigenvalue weighted by molar-refractivity contribution is -0.953. The molecule has 0 heterocycles. The number of carbonyl (C=O) groups is 1. The number of hydrogen-bond acceptors (Lipinski definition) is 1. The van der Waals surface area contributed by atoms with Crippen molar-refractivity contribution >= 4 is 11.6 Å². The Morgan fingerprint density at radius 2 is 1.79 bits per heavy atom. The molecule has 134 valence electrons. The van der Waals surface area contributed by atoms with Crippen molar-refractivity contribution in [3.05, 3.63) is 29.3 Å². The van der Waals surface area contributed by atoms with Crippen LogP contribution in [0.4, 0.5) is 5.69 Å². The number of amides is 1. The van der Waals surface area contributed by atoms with E-state index in [1.54, 1.807) is 0 Å². The summed E-state index contributed by atoms with van der Waals surface area (Å²) in [4.78, 5) is 13.3. The predicted octanol–water partition coefficient (Wildman–Crippen LogP) is 4.82. The lowest BCUT2D eigenvalue weighted by Crippen LogP contribution is -2.71. The molecule has 1 aromatic carbocycles. The lowest BCUT2D eigenvalue weighted by atomic mass is 9.72. The van der Waals surface area contributed by atoms with Crippen molar-refractivity contribution in [3.8, 4) is 0 Å². The minimum atomic E-state index is -0.239. The second-order valence-corrected chi connectivity index (χ2v) is 7.75. The summed E-state index contributed by atoms with van der Waals surface area (Å²) >= 11 is 0. The highest BCUT2D eigenvalue weighted by atomic mass is 16.2. The van der Waals surface area contributed by atoms with Gasteiger partial charge in [0.2, 0.25) is 0 Å². The van der Waals surface area contributed by atoms with Gasteiger partial charge in [-0.15, -0.1) is 0 Å². The molecule has 0 spiro atoms.